The van der Waals surface area contributed by atoms with Crippen molar-refractivity contribution in [2.24, 2.45) is 0 Å². The second-order valence-corrected chi connectivity index (χ2v) is 4.86. The number of benzene rings is 2. The number of H-pyrrole nitrogens is 1. The average molecular weight is 305 g/mol. The largest absolute Gasteiger partial charge is 0.508 e. The van der Waals surface area contributed by atoms with Crippen LogP contribution in [-0.2, 0) is 0 Å². The van der Waals surface area contributed by atoms with Gasteiger partial charge in [-0.25, -0.2) is 4.98 Å². The van der Waals surface area contributed by atoms with E-state index in [1.165, 1.54) is 18.2 Å². The van der Waals surface area contributed by atoms with Gasteiger partial charge in [-0.05, 0) is 36.4 Å². The Balaban J connectivity index is 2.22. The molecular formula is C13H9BrN2O2. The quantitative estimate of drug-likeness (QED) is 0.603. The molecule has 1 aromatic heterocycles. The van der Waals surface area contributed by atoms with Gasteiger partial charge in [0.25, 0.3) is 0 Å². The Hall–Kier alpha value is -2.01. The maximum atomic E-state index is 9.79. The number of aromatic hydroxyl groups is 2. The Morgan fingerprint density at radius 2 is 1.89 bits per heavy atom. The van der Waals surface area contributed by atoms with E-state index in [0.29, 0.717) is 11.4 Å². The van der Waals surface area contributed by atoms with Crippen molar-refractivity contribution in [1.82, 2.24) is 9.97 Å². The molecule has 0 saturated heterocycles. The second kappa shape index (κ2) is 4.03. The Labute approximate surface area is 111 Å². The molecule has 0 unspecified atom stereocenters. The van der Waals surface area contributed by atoms with E-state index in [4.69, 9.17) is 0 Å². The first-order valence-electron chi connectivity index (χ1n) is 5.31. The van der Waals surface area contributed by atoms with E-state index in [9.17, 15) is 10.2 Å². The van der Waals surface area contributed by atoms with Crippen LogP contribution in [0.4, 0.5) is 0 Å². The normalized spacial score (nSPS) is 10.9. The van der Waals surface area contributed by atoms with Crippen LogP contribution in [0.1, 0.15) is 0 Å². The number of fused-ring (bicyclic) bond motifs is 1. The molecule has 0 radical (unpaired) electrons. The first-order chi connectivity index (χ1) is 8.63. The zero-order valence-corrected chi connectivity index (χ0v) is 10.8. The van der Waals surface area contributed by atoms with E-state index in [1.54, 1.807) is 0 Å². The SMILES string of the molecule is Oc1ccc(O)c(-c2nc3ccc(Br)cc3[nH]2)c1. The summed E-state index contributed by atoms with van der Waals surface area (Å²) in [6.45, 7) is 0. The fourth-order valence-corrected chi connectivity index (χ4v) is 2.18. The summed E-state index contributed by atoms with van der Waals surface area (Å²) in [5.41, 5.74) is 2.14. The van der Waals surface area contributed by atoms with Gasteiger partial charge in [0.2, 0.25) is 0 Å². The van der Waals surface area contributed by atoms with Crippen molar-refractivity contribution in [1.29, 1.82) is 0 Å². The molecule has 0 aliphatic heterocycles. The summed E-state index contributed by atoms with van der Waals surface area (Å²) in [5, 5.41) is 19.2. The number of hydrogen-bond acceptors (Lipinski definition) is 3. The highest BCUT2D eigenvalue weighted by atomic mass is 79.9. The van der Waals surface area contributed by atoms with Gasteiger partial charge in [0.1, 0.15) is 17.3 Å². The Kier molecular flexibility index (Phi) is 2.48. The number of rotatable bonds is 1. The predicted molar refractivity (Wildman–Crippen MR) is 72.6 cm³/mol. The number of aromatic nitrogens is 2. The van der Waals surface area contributed by atoms with E-state index in [-0.39, 0.29) is 11.5 Å². The molecule has 0 saturated carbocycles. The number of hydrogen-bond donors (Lipinski definition) is 3. The lowest BCUT2D eigenvalue weighted by Crippen LogP contribution is -1.81. The van der Waals surface area contributed by atoms with Crippen LogP contribution in [0.15, 0.2) is 40.9 Å². The topological polar surface area (TPSA) is 69.1 Å². The van der Waals surface area contributed by atoms with Crippen molar-refractivity contribution in [2.45, 2.75) is 0 Å². The molecule has 3 N–H and O–H groups in total. The zero-order chi connectivity index (χ0) is 12.7. The predicted octanol–water partition coefficient (Wildman–Crippen LogP) is 3.40. The van der Waals surface area contributed by atoms with Gasteiger partial charge in [-0.3, -0.25) is 0 Å². The maximum Gasteiger partial charge on any atom is 0.142 e. The van der Waals surface area contributed by atoms with Crippen LogP contribution >= 0.6 is 15.9 Å². The van der Waals surface area contributed by atoms with Crippen LogP contribution in [0.25, 0.3) is 22.4 Å². The minimum absolute atomic E-state index is 0.0749. The van der Waals surface area contributed by atoms with E-state index in [0.717, 1.165) is 15.5 Å². The molecule has 18 heavy (non-hydrogen) atoms. The molecule has 0 aliphatic rings. The molecule has 0 fully saturated rings. The number of phenolic OH excluding ortho intramolecular Hbond substituents is 2. The highest BCUT2D eigenvalue weighted by molar-refractivity contribution is 9.10. The van der Waals surface area contributed by atoms with Gasteiger partial charge >= 0.3 is 0 Å². The van der Waals surface area contributed by atoms with Gasteiger partial charge in [0.05, 0.1) is 16.6 Å². The number of nitrogens with one attached hydrogen (secondary N) is 1. The molecule has 0 spiro atoms. The number of halogens is 1. The highest BCUT2D eigenvalue weighted by Gasteiger charge is 2.10. The number of imidazole rings is 1. The second-order valence-electron chi connectivity index (χ2n) is 3.95. The molecule has 90 valence electrons. The minimum atomic E-state index is 0.0749. The molecule has 4 nitrogen and oxygen atoms in total. The smallest absolute Gasteiger partial charge is 0.142 e. The Morgan fingerprint density at radius 1 is 1.06 bits per heavy atom. The first kappa shape index (κ1) is 11.1. The molecule has 0 aliphatic carbocycles. The molecular weight excluding hydrogens is 296 g/mol. The Bertz CT molecular complexity index is 737. The molecule has 3 rings (SSSR count). The molecule has 0 bridgehead atoms. The standard InChI is InChI=1S/C13H9BrN2O2/c14-7-1-3-10-11(5-7)16-13(15-10)9-6-8(17)2-4-12(9)18/h1-6,17-18H,(H,15,16). The van der Waals surface area contributed by atoms with Gasteiger partial charge in [-0.2, -0.15) is 0 Å². The van der Waals surface area contributed by atoms with Gasteiger partial charge in [0.15, 0.2) is 0 Å². The first-order valence-corrected chi connectivity index (χ1v) is 6.10. The monoisotopic (exact) mass is 304 g/mol. The molecule has 5 heteroatoms. The van der Waals surface area contributed by atoms with E-state index in [1.807, 2.05) is 18.2 Å². The van der Waals surface area contributed by atoms with Crippen molar-refractivity contribution >= 4 is 27.0 Å². The van der Waals surface area contributed by atoms with Crippen LogP contribution in [0.2, 0.25) is 0 Å². The molecule has 0 atom stereocenters. The Morgan fingerprint density at radius 3 is 2.72 bits per heavy atom. The lowest BCUT2D eigenvalue weighted by atomic mass is 10.2. The highest BCUT2D eigenvalue weighted by Crippen LogP contribution is 2.31. The van der Waals surface area contributed by atoms with Crippen molar-refractivity contribution in [3.8, 4) is 22.9 Å². The summed E-state index contributed by atoms with van der Waals surface area (Å²) in [7, 11) is 0. The zero-order valence-electron chi connectivity index (χ0n) is 9.18. The van der Waals surface area contributed by atoms with Crippen molar-refractivity contribution in [2.75, 3.05) is 0 Å². The van der Waals surface area contributed by atoms with Crippen LogP contribution in [-0.4, -0.2) is 20.2 Å². The minimum Gasteiger partial charge on any atom is -0.508 e. The van der Waals surface area contributed by atoms with Crippen molar-refractivity contribution in [3.63, 3.8) is 0 Å². The molecule has 0 amide bonds. The van der Waals surface area contributed by atoms with Crippen LogP contribution in [0.5, 0.6) is 11.5 Å². The van der Waals surface area contributed by atoms with Crippen LogP contribution < -0.4 is 0 Å². The van der Waals surface area contributed by atoms with Crippen LogP contribution in [0, 0.1) is 0 Å². The van der Waals surface area contributed by atoms with Gasteiger partial charge in [-0.15, -0.1) is 0 Å². The lowest BCUT2D eigenvalue weighted by Gasteiger charge is -2.01. The third kappa shape index (κ3) is 1.82. The van der Waals surface area contributed by atoms with Crippen molar-refractivity contribution < 1.29 is 10.2 Å². The number of aromatic amines is 1. The fraction of sp³-hybridized carbons (Fsp3) is 0. The maximum absolute atomic E-state index is 9.79. The lowest BCUT2D eigenvalue weighted by molar-refractivity contribution is 0.461. The van der Waals surface area contributed by atoms with Gasteiger partial charge in [0, 0.05) is 4.47 Å². The summed E-state index contributed by atoms with van der Waals surface area (Å²) >= 11 is 3.39. The summed E-state index contributed by atoms with van der Waals surface area (Å²) in [6.07, 6.45) is 0. The summed E-state index contributed by atoms with van der Waals surface area (Å²) < 4.78 is 0.949. The molecule has 1 heterocycles. The summed E-state index contributed by atoms with van der Waals surface area (Å²) in [5.74, 6) is 0.687. The third-order valence-corrected chi connectivity index (χ3v) is 3.17. The van der Waals surface area contributed by atoms with Gasteiger partial charge < -0.3 is 15.2 Å². The summed E-state index contributed by atoms with van der Waals surface area (Å²) in [4.78, 5) is 7.49. The van der Waals surface area contributed by atoms with Gasteiger partial charge in [-0.1, -0.05) is 15.9 Å². The van der Waals surface area contributed by atoms with E-state index < -0.39 is 0 Å². The van der Waals surface area contributed by atoms with Crippen molar-refractivity contribution in [3.05, 3.63) is 40.9 Å². The number of nitrogens with zero attached hydrogens (tertiary/aromatic N) is 1. The third-order valence-electron chi connectivity index (χ3n) is 2.68. The fourth-order valence-electron chi connectivity index (χ4n) is 1.82. The molecule has 3 aromatic rings. The summed E-state index contributed by atoms with van der Waals surface area (Å²) in [6, 6.07) is 10.0. The average Bonchev–Trinajstić information content (AvgIpc) is 2.74. The van der Waals surface area contributed by atoms with E-state index in [2.05, 4.69) is 25.9 Å². The van der Waals surface area contributed by atoms with E-state index >= 15 is 0 Å². The molecule has 2 aromatic carbocycles. The van der Waals surface area contributed by atoms with Crippen LogP contribution in [0.3, 0.4) is 0 Å². The number of phenols is 2.